The second-order valence-electron chi connectivity index (χ2n) is 6.16. The van der Waals surface area contributed by atoms with Gasteiger partial charge in [0.05, 0.1) is 35.5 Å². The average Bonchev–Trinajstić information content (AvgIpc) is 2.60. The highest BCUT2D eigenvalue weighted by Gasteiger charge is 2.21. The summed E-state index contributed by atoms with van der Waals surface area (Å²) in [6.07, 6.45) is 0.587. The van der Waals surface area contributed by atoms with E-state index in [0.717, 1.165) is 19.6 Å². The summed E-state index contributed by atoms with van der Waals surface area (Å²) in [5.41, 5.74) is 0. The number of benzene rings is 1. The molecule has 1 heterocycles. The van der Waals surface area contributed by atoms with Gasteiger partial charge in [0.15, 0.2) is 0 Å². The fraction of sp³-hybridized carbons (Fsp3) is 0.556. The van der Waals surface area contributed by atoms with Gasteiger partial charge in [-0.2, -0.15) is 0 Å². The van der Waals surface area contributed by atoms with Gasteiger partial charge in [0.25, 0.3) is 0 Å². The maximum atomic E-state index is 9.10. The Kier molecular flexibility index (Phi) is 11.2. The van der Waals surface area contributed by atoms with Crippen LogP contribution >= 0.6 is 23.2 Å². The molecular weight excluding hydrogens is 413 g/mol. The monoisotopic (exact) mass is 437 g/mol. The van der Waals surface area contributed by atoms with Crippen molar-refractivity contribution in [1.82, 2.24) is 4.90 Å². The van der Waals surface area contributed by atoms with E-state index in [4.69, 9.17) is 57.2 Å². The fourth-order valence-corrected chi connectivity index (χ4v) is 2.84. The van der Waals surface area contributed by atoms with Crippen molar-refractivity contribution in [2.24, 2.45) is 0 Å². The molecule has 2 atom stereocenters. The summed E-state index contributed by atoms with van der Waals surface area (Å²) in [7, 11) is 0. The van der Waals surface area contributed by atoms with E-state index in [1.807, 2.05) is 0 Å². The number of nitrogens with zero attached hydrogens (tertiary/aromatic N) is 1. The lowest BCUT2D eigenvalue weighted by atomic mass is 10.2. The third kappa shape index (κ3) is 10.1. The van der Waals surface area contributed by atoms with E-state index in [1.165, 1.54) is 0 Å². The molecule has 28 heavy (non-hydrogen) atoms. The largest absolute Gasteiger partial charge is 0.491 e. The number of hydrogen-bond acceptors (Lipinski definition) is 6. The number of morpholine rings is 1. The second-order valence-corrected chi connectivity index (χ2v) is 6.98. The Balaban J connectivity index is 0.000000568. The number of ether oxygens (including phenoxy) is 3. The molecule has 0 amide bonds. The molecule has 2 unspecified atom stereocenters. The summed E-state index contributed by atoms with van der Waals surface area (Å²) in [6.45, 7) is 8.81. The van der Waals surface area contributed by atoms with Gasteiger partial charge in [-0.15, -0.1) is 0 Å². The SMILES string of the molecule is CC1CN(CCOCCOc2ccc(Cl)c(Cl)c2)CC(C)O1.O=C(O)C(=O)O. The van der Waals surface area contributed by atoms with Crippen LogP contribution in [-0.2, 0) is 19.1 Å². The summed E-state index contributed by atoms with van der Waals surface area (Å²) < 4.78 is 16.9. The summed E-state index contributed by atoms with van der Waals surface area (Å²) in [5, 5.41) is 15.8. The predicted octanol–water partition coefficient (Wildman–Crippen LogP) is 2.65. The van der Waals surface area contributed by atoms with E-state index in [0.29, 0.717) is 47.8 Å². The molecule has 1 aromatic rings. The first-order valence-corrected chi connectivity index (χ1v) is 9.44. The minimum absolute atomic E-state index is 0.293. The topological polar surface area (TPSA) is 106 Å². The molecular formula is C18H25Cl2NO7. The van der Waals surface area contributed by atoms with Gasteiger partial charge in [0.1, 0.15) is 12.4 Å². The molecule has 158 valence electrons. The smallest absolute Gasteiger partial charge is 0.414 e. The molecule has 1 fully saturated rings. The minimum atomic E-state index is -1.82. The van der Waals surface area contributed by atoms with Gasteiger partial charge in [0.2, 0.25) is 0 Å². The van der Waals surface area contributed by atoms with Crippen LogP contribution in [0.15, 0.2) is 18.2 Å². The lowest BCUT2D eigenvalue weighted by molar-refractivity contribution is -0.159. The molecule has 8 nitrogen and oxygen atoms in total. The van der Waals surface area contributed by atoms with E-state index in [-0.39, 0.29) is 0 Å². The summed E-state index contributed by atoms with van der Waals surface area (Å²) >= 11 is 11.8. The van der Waals surface area contributed by atoms with Crippen LogP contribution in [0, 0.1) is 0 Å². The summed E-state index contributed by atoms with van der Waals surface area (Å²) in [4.78, 5) is 20.6. The Morgan fingerprint density at radius 3 is 2.21 bits per heavy atom. The lowest BCUT2D eigenvalue weighted by Gasteiger charge is -2.35. The Labute approximate surface area is 173 Å². The van der Waals surface area contributed by atoms with Gasteiger partial charge in [0, 0.05) is 25.7 Å². The number of hydrogen-bond donors (Lipinski definition) is 2. The van der Waals surface area contributed by atoms with Gasteiger partial charge >= 0.3 is 11.9 Å². The second kappa shape index (κ2) is 12.8. The van der Waals surface area contributed by atoms with Crippen LogP contribution in [0.4, 0.5) is 0 Å². The molecule has 0 bridgehead atoms. The van der Waals surface area contributed by atoms with Gasteiger partial charge < -0.3 is 24.4 Å². The zero-order valence-corrected chi connectivity index (χ0v) is 17.3. The van der Waals surface area contributed by atoms with Crippen LogP contribution in [0.2, 0.25) is 10.0 Å². The summed E-state index contributed by atoms with van der Waals surface area (Å²) in [5.74, 6) is -2.95. The predicted molar refractivity (Wildman–Crippen MR) is 104 cm³/mol. The first kappa shape index (κ1) is 24.5. The third-order valence-corrected chi connectivity index (χ3v) is 4.36. The maximum absolute atomic E-state index is 9.10. The first-order valence-electron chi connectivity index (χ1n) is 8.68. The Bertz CT molecular complexity index is 622. The zero-order chi connectivity index (χ0) is 21.1. The fourth-order valence-electron chi connectivity index (χ4n) is 2.55. The number of rotatable bonds is 7. The highest BCUT2D eigenvalue weighted by Crippen LogP contribution is 2.26. The van der Waals surface area contributed by atoms with Crippen molar-refractivity contribution in [2.45, 2.75) is 26.1 Å². The molecule has 10 heteroatoms. The molecule has 0 aliphatic carbocycles. The standard InChI is InChI=1S/C16H23Cl2NO3.C2H2O4/c1-12-10-19(11-13(2)22-12)5-6-20-7-8-21-14-3-4-15(17)16(18)9-14;3-1(4)2(5)6/h3-4,9,12-13H,5-8,10-11H2,1-2H3;(H,3,4)(H,5,6). The van der Waals surface area contributed by atoms with Gasteiger partial charge in [-0.25, -0.2) is 9.59 Å². The van der Waals surface area contributed by atoms with Crippen LogP contribution < -0.4 is 4.74 Å². The molecule has 1 aliphatic heterocycles. The normalized spacial score (nSPS) is 19.4. The van der Waals surface area contributed by atoms with Crippen LogP contribution in [0.25, 0.3) is 0 Å². The Morgan fingerprint density at radius 2 is 1.68 bits per heavy atom. The molecule has 0 aromatic heterocycles. The summed E-state index contributed by atoms with van der Waals surface area (Å²) in [6, 6.07) is 5.23. The molecule has 0 spiro atoms. The quantitative estimate of drug-likeness (QED) is 0.495. The number of halogens is 2. The number of carboxylic acid groups (broad SMARTS) is 2. The van der Waals surface area contributed by atoms with Crippen LogP contribution in [-0.4, -0.2) is 78.7 Å². The number of aliphatic carboxylic acids is 2. The van der Waals surface area contributed by atoms with E-state index >= 15 is 0 Å². The van der Waals surface area contributed by atoms with Crippen molar-refractivity contribution in [3.05, 3.63) is 28.2 Å². The molecule has 1 aromatic carbocycles. The van der Waals surface area contributed by atoms with Gasteiger partial charge in [-0.05, 0) is 26.0 Å². The highest BCUT2D eigenvalue weighted by molar-refractivity contribution is 6.42. The molecule has 0 radical (unpaired) electrons. The maximum Gasteiger partial charge on any atom is 0.414 e. The molecule has 1 saturated heterocycles. The minimum Gasteiger partial charge on any atom is -0.491 e. The van der Waals surface area contributed by atoms with Gasteiger partial charge in [-0.1, -0.05) is 23.2 Å². The van der Waals surface area contributed by atoms with E-state index in [9.17, 15) is 0 Å². The molecule has 0 saturated carbocycles. The zero-order valence-electron chi connectivity index (χ0n) is 15.8. The highest BCUT2D eigenvalue weighted by atomic mass is 35.5. The lowest BCUT2D eigenvalue weighted by Crippen LogP contribution is -2.46. The van der Waals surface area contributed by atoms with E-state index in [2.05, 4.69) is 18.7 Å². The molecule has 2 rings (SSSR count). The van der Waals surface area contributed by atoms with Crippen LogP contribution in [0.5, 0.6) is 5.75 Å². The van der Waals surface area contributed by atoms with Crippen molar-refractivity contribution < 1.29 is 34.0 Å². The van der Waals surface area contributed by atoms with Crippen molar-refractivity contribution in [1.29, 1.82) is 0 Å². The average molecular weight is 438 g/mol. The van der Waals surface area contributed by atoms with Crippen LogP contribution in [0.1, 0.15) is 13.8 Å². The molecule has 2 N–H and O–H groups in total. The first-order chi connectivity index (χ1) is 13.2. The van der Waals surface area contributed by atoms with Gasteiger partial charge in [-0.3, -0.25) is 4.90 Å². The number of carboxylic acids is 2. The number of carbonyl (C=O) groups is 2. The third-order valence-electron chi connectivity index (χ3n) is 3.62. The Morgan fingerprint density at radius 1 is 1.07 bits per heavy atom. The van der Waals surface area contributed by atoms with Crippen molar-refractivity contribution in [3.8, 4) is 5.75 Å². The van der Waals surface area contributed by atoms with Crippen molar-refractivity contribution in [3.63, 3.8) is 0 Å². The van der Waals surface area contributed by atoms with Crippen LogP contribution in [0.3, 0.4) is 0 Å². The van der Waals surface area contributed by atoms with Crippen molar-refractivity contribution in [2.75, 3.05) is 39.5 Å². The van der Waals surface area contributed by atoms with Crippen molar-refractivity contribution >= 4 is 35.1 Å². The van der Waals surface area contributed by atoms with E-state index in [1.54, 1.807) is 18.2 Å². The molecule has 1 aliphatic rings. The Hall–Kier alpha value is -1.58. The van der Waals surface area contributed by atoms with E-state index < -0.39 is 11.9 Å².